The second-order valence-corrected chi connectivity index (χ2v) is 5.36. The highest BCUT2D eigenvalue weighted by Crippen LogP contribution is 2.15. The number of piperidine rings is 1. The van der Waals surface area contributed by atoms with E-state index in [0.717, 1.165) is 18.8 Å². The van der Waals surface area contributed by atoms with Gasteiger partial charge in [0.05, 0.1) is 0 Å². The van der Waals surface area contributed by atoms with Gasteiger partial charge in [-0.3, -0.25) is 0 Å². The Morgan fingerprint density at radius 3 is 3.15 bits per heavy atom. The number of hydrogen-bond donors (Lipinski definition) is 1. The maximum atomic E-state index is 8.52. The quantitative estimate of drug-likeness (QED) is 0.863. The van der Waals surface area contributed by atoms with Gasteiger partial charge in [-0.2, -0.15) is 5.26 Å². The standard InChI is InChI=1S/C16H23N3O/c1-19-9-3-2-6-15(19)13-18-12-14-5-4-7-16(11-14)20-10-8-17/h4-5,7,11,15,18H,2-3,6,9-10,12-13H2,1H3. The summed E-state index contributed by atoms with van der Waals surface area (Å²) in [5, 5.41) is 12.0. The smallest absolute Gasteiger partial charge is 0.174 e. The molecular formula is C16H23N3O. The van der Waals surface area contributed by atoms with Crippen LogP contribution in [0.5, 0.6) is 5.75 Å². The maximum absolute atomic E-state index is 8.52. The minimum Gasteiger partial charge on any atom is -0.479 e. The Hall–Kier alpha value is -1.57. The van der Waals surface area contributed by atoms with Crippen LogP contribution in [0.2, 0.25) is 0 Å². The third-order valence-electron chi connectivity index (χ3n) is 3.83. The number of nitrogens with one attached hydrogen (secondary N) is 1. The molecule has 4 nitrogen and oxygen atoms in total. The van der Waals surface area contributed by atoms with E-state index in [1.807, 2.05) is 24.3 Å². The molecule has 1 fully saturated rings. The molecule has 108 valence electrons. The average molecular weight is 273 g/mol. The van der Waals surface area contributed by atoms with Crippen molar-refractivity contribution in [2.45, 2.75) is 31.8 Å². The molecule has 0 saturated carbocycles. The maximum Gasteiger partial charge on any atom is 0.174 e. The van der Waals surface area contributed by atoms with E-state index in [1.165, 1.54) is 31.4 Å². The molecule has 1 saturated heterocycles. The lowest BCUT2D eigenvalue weighted by atomic mass is 10.0. The van der Waals surface area contributed by atoms with E-state index < -0.39 is 0 Å². The van der Waals surface area contributed by atoms with Crippen molar-refractivity contribution in [3.05, 3.63) is 29.8 Å². The summed E-state index contributed by atoms with van der Waals surface area (Å²) >= 11 is 0. The highest BCUT2D eigenvalue weighted by Gasteiger charge is 2.17. The highest BCUT2D eigenvalue weighted by atomic mass is 16.5. The van der Waals surface area contributed by atoms with Crippen LogP contribution in [0.25, 0.3) is 0 Å². The van der Waals surface area contributed by atoms with Gasteiger partial charge in [0.2, 0.25) is 0 Å². The number of benzene rings is 1. The van der Waals surface area contributed by atoms with Crippen LogP contribution in [0.15, 0.2) is 24.3 Å². The van der Waals surface area contributed by atoms with Crippen molar-refractivity contribution in [2.75, 3.05) is 26.7 Å². The van der Waals surface area contributed by atoms with Crippen molar-refractivity contribution in [3.63, 3.8) is 0 Å². The molecule has 1 N–H and O–H groups in total. The van der Waals surface area contributed by atoms with Crippen LogP contribution in [0.3, 0.4) is 0 Å². The highest BCUT2D eigenvalue weighted by molar-refractivity contribution is 5.28. The summed E-state index contributed by atoms with van der Waals surface area (Å²) in [7, 11) is 2.21. The van der Waals surface area contributed by atoms with Gasteiger partial charge in [0.1, 0.15) is 11.8 Å². The number of rotatable bonds is 6. The zero-order valence-electron chi connectivity index (χ0n) is 12.1. The fourth-order valence-electron chi connectivity index (χ4n) is 2.65. The van der Waals surface area contributed by atoms with Gasteiger partial charge in [0, 0.05) is 19.1 Å². The largest absolute Gasteiger partial charge is 0.479 e. The van der Waals surface area contributed by atoms with Crippen LogP contribution in [-0.2, 0) is 6.54 Å². The van der Waals surface area contributed by atoms with Gasteiger partial charge in [-0.15, -0.1) is 0 Å². The van der Waals surface area contributed by atoms with Crippen LogP contribution >= 0.6 is 0 Å². The summed E-state index contributed by atoms with van der Waals surface area (Å²) in [6.07, 6.45) is 3.95. The van der Waals surface area contributed by atoms with Crippen molar-refractivity contribution in [2.24, 2.45) is 0 Å². The monoisotopic (exact) mass is 273 g/mol. The van der Waals surface area contributed by atoms with E-state index in [9.17, 15) is 0 Å². The number of likely N-dealkylation sites (tertiary alicyclic amines) is 1. The molecule has 0 bridgehead atoms. The van der Waals surface area contributed by atoms with Gasteiger partial charge in [0.25, 0.3) is 0 Å². The second-order valence-electron chi connectivity index (χ2n) is 5.36. The Bertz CT molecular complexity index is 455. The van der Waals surface area contributed by atoms with Crippen LogP contribution < -0.4 is 10.1 Å². The fraction of sp³-hybridized carbons (Fsp3) is 0.562. The van der Waals surface area contributed by atoms with Crippen molar-refractivity contribution >= 4 is 0 Å². The molecule has 0 amide bonds. The molecule has 1 aliphatic heterocycles. The zero-order chi connectivity index (χ0) is 14.2. The molecule has 0 radical (unpaired) electrons. The second kappa shape index (κ2) is 7.88. The zero-order valence-corrected chi connectivity index (χ0v) is 12.1. The first-order chi connectivity index (χ1) is 9.79. The fourth-order valence-corrected chi connectivity index (χ4v) is 2.65. The third kappa shape index (κ3) is 4.52. The average Bonchev–Trinajstić information content (AvgIpc) is 2.48. The van der Waals surface area contributed by atoms with E-state index in [2.05, 4.69) is 23.3 Å². The van der Waals surface area contributed by atoms with Gasteiger partial charge in [-0.25, -0.2) is 0 Å². The summed E-state index contributed by atoms with van der Waals surface area (Å²) in [5.41, 5.74) is 1.19. The molecule has 2 rings (SSSR count). The molecule has 1 atom stereocenters. The van der Waals surface area contributed by atoms with Crippen LogP contribution in [0, 0.1) is 11.3 Å². The SMILES string of the molecule is CN1CCCCC1CNCc1cccc(OCC#N)c1. The minimum atomic E-state index is 0.101. The number of hydrogen-bond acceptors (Lipinski definition) is 4. The van der Waals surface area contributed by atoms with Crippen molar-refractivity contribution < 1.29 is 4.74 Å². The number of likely N-dealkylation sites (N-methyl/N-ethyl adjacent to an activating group) is 1. The molecular weight excluding hydrogens is 250 g/mol. The normalized spacial score (nSPS) is 19.5. The summed E-state index contributed by atoms with van der Waals surface area (Å²) in [4.78, 5) is 2.45. The summed E-state index contributed by atoms with van der Waals surface area (Å²) in [6, 6.07) is 10.6. The van der Waals surface area contributed by atoms with Crippen LogP contribution in [0.4, 0.5) is 0 Å². The van der Waals surface area contributed by atoms with E-state index in [4.69, 9.17) is 10.00 Å². The predicted molar refractivity (Wildman–Crippen MR) is 79.5 cm³/mol. The molecule has 1 aromatic carbocycles. The summed E-state index contributed by atoms with van der Waals surface area (Å²) in [5.74, 6) is 0.764. The Kier molecular flexibility index (Phi) is 5.85. The molecule has 1 heterocycles. The molecule has 0 spiro atoms. The molecule has 1 aromatic rings. The third-order valence-corrected chi connectivity index (χ3v) is 3.83. The summed E-state index contributed by atoms with van der Waals surface area (Å²) < 4.78 is 5.31. The first-order valence-corrected chi connectivity index (χ1v) is 7.29. The molecule has 1 unspecified atom stereocenters. The Morgan fingerprint density at radius 1 is 1.45 bits per heavy atom. The van der Waals surface area contributed by atoms with Gasteiger partial charge in [-0.1, -0.05) is 18.6 Å². The molecule has 0 aliphatic carbocycles. The van der Waals surface area contributed by atoms with E-state index in [1.54, 1.807) is 0 Å². The minimum absolute atomic E-state index is 0.101. The van der Waals surface area contributed by atoms with Crippen LogP contribution in [0.1, 0.15) is 24.8 Å². The van der Waals surface area contributed by atoms with Gasteiger partial charge in [0.15, 0.2) is 6.61 Å². The Labute approximate surface area is 121 Å². The molecule has 1 aliphatic rings. The molecule has 20 heavy (non-hydrogen) atoms. The predicted octanol–water partition coefficient (Wildman–Crippen LogP) is 2.16. The molecule has 4 heteroatoms. The first-order valence-electron chi connectivity index (χ1n) is 7.29. The lowest BCUT2D eigenvalue weighted by molar-refractivity contribution is 0.181. The van der Waals surface area contributed by atoms with Gasteiger partial charge >= 0.3 is 0 Å². The van der Waals surface area contributed by atoms with Gasteiger partial charge < -0.3 is 15.0 Å². The molecule has 0 aromatic heterocycles. The van der Waals surface area contributed by atoms with Gasteiger partial charge in [-0.05, 0) is 44.1 Å². The van der Waals surface area contributed by atoms with Crippen LogP contribution in [-0.4, -0.2) is 37.7 Å². The van der Waals surface area contributed by atoms with E-state index in [-0.39, 0.29) is 6.61 Å². The lowest BCUT2D eigenvalue weighted by Gasteiger charge is -2.32. The van der Waals surface area contributed by atoms with Crippen molar-refractivity contribution in [3.8, 4) is 11.8 Å². The first kappa shape index (κ1) is 14.8. The lowest BCUT2D eigenvalue weighted by Crippen LogP contribution is -2.42. The van der Waals surface area contributed by atoms with E-state index in [0.29, 0.717) is 6.04 Å². The number of nitrogens with zero attached hydrogens (tertiary/aromatic N) is 2. The Balaban J connectivity index is 1.77. The van der Waals surface area contributed by atoms with E-state index >= 15 is 0 Å². The Morgan fingerprint density at radius 2 is 2.35 bits per heavy atom. The van der Waals surface area contributed by atoms with Crippen molar-refractivity contribution in [1.82, 2.24) is 10.2 Å². The van der Waals surface area contributed by atoms with Crippen molar-refractivity contribution in [1.29, 1.82) is 5.26 Å². The number of nitriles is 1. The number of ether oxygens (including phenoxy) is 1. The topological polar surface area (TPSA) is 48.3 Å². The summed E-state index contributed by atoms with van der Waals surface area (Å²) in [6.45, 7) is 3.18.